The van der Waals surface area contributed by atoms with Crippen LogP contribution in [0.1, 0.15) is 58.3 Å². The normalized spacial score (nSPS) is 17.6. The molecule has 3 heterocycles. The molecule has 0 amide bonds. The highest BCUT2D eigenvalue weighted by molar-refractivity contribution is 7.80. The van der Waals surface area contributed by atoms with Gasteiger partial charge in [-0.2, -0.15) is 0 Å². The fourth-order valence-corrected chi connectivity index (χ4v) is 5.62. The fourth-order valence-electron chi connectivity index (χ4n) is 5.28. The first-order chi connectivity index (χ1) is 16.9. The molecule has 2 aromatic heterocycles. The Hall–Kier alpha value is -3.44. The summed E-state index contributed by atoms with van der Waals surface area (Å²) in [7, 11) is 0. The quantitative estimate of drug-likeness (QED) is 0.317. The molecule has 2 atom stereocenters. The molecule has 178 valence electrons. The van der Waals surface area contributed by atoms with Gasteiger partial charge in [-0.1, -0.05) is 37.3 Å². The van der Waals surface area contributed by atoms with Gasteiger partial charge in [0.1, 0.15) is 0 Å². The van der Waals surface area contributed by atoms with Crippen LogP contribution in [0.25, 0.3) is 5.69 Å². The molecule has 0 spiro atoms. The molecular formula is C30H32N4S. The second kappa shape index (κ2) is 9.31. The molecule has 5 rings (SSSR count). The number of nitrogens with one attached hydrogen (secondary N) is 1. The highest BCUT2D eigenvalue weighted by Crippen LogP contribution is 2.44. The van der Waals surface area contributed by atoms with Gasteiger partial charge >= 0.3 is 0 Å². The van der Waals surface area contributed by atoms with Crippen molar-refractivity contribution in [2.45, 2.75) is 53.1 Å². The van der Waals surface area contributed by atoms with Crippen LogP contribution in [0.5, 0.6) is 0 Å². The summed E-state index contributed by atoms with van der Waals surface area (Å²) in [4.78, 5) is 6.98. The zero-order valence-corrected chi connectivity index (χ0v) is 21.9. The summed E-state index contributed by atoms with van der Waals surface area (Å²) in [6, 6.07) is 23.6. The van der Waals surface area contributed by atoms with E-state index in [9.17, 15) is 0 Å². The molecule has 0 unspecified atom stereocenters. The Balaban J connectivity index is 1.68. The predicted molar refractivity (Wildman–Crippen MR) is 148 cm³/mol. The third-order valence-corrected chi connectivity index (χ3v) is 7.64. The minimum atomic E-state index is -0.0536. The Morgan fingerprint density at radius 3 is 2.40 bits per heavy atom. The van der Waals surface area contributed by atoms with Crippen LogP contribution in [-0.2, 0) is 6.42 Å². The lowest BCUT2D eigenvalue weighted by Gasteiger charge is -2.28. The van der Waals surface area contributed by atoms with Crippen molar-refractivity contribution in [2.75, 3.05) is 4.90 Å². The van der Waals surface area contributed by atoms with Gasteiger partial charge in [0.05, 0.1) is 17.8 Å². The summed E-state index contributed by atoms with van der Waals surface area (Å²) >= 11 is 5.93. The number of aromatic nitrogens is 2. The zero-order valence-electron chi connectivity index (χ0n) is 21.0. The molecule has 1 saturated heterocycles. The van der Waals surface area contributed by atoms with Crippen LogP contribution >= 0.6 is 12.2 Å². The number of thiocarbonyl (C=S) groups is 1. The molecular weight excluding hydrogens is 448 g/mol. The van der Waals surface area contributed by atoms with Gasteiger partial charge in [0, 0.05) is 29.0 Å². The lowest BCUT2D eigenvalue weighted by Crippen LogP contribution is -2.29. The van der Waals surface area contributed by atoms with Gasteiger partial charge in [-0.3, -0.25) is 4.98 Å². The van der Waals surface area contributed by atoms with Crippen molar-refractivity contribution in [2.24, 2.45) is 0 Å². The SMILES string of the molecule is CCc1ccc(N2C(=S)N[C@H](c3ccccn3)[C@H]2c2cc(C)n(-c3cccc(C)c3C)c2C)cc1. The van der Waals surface area contributed by atoms with Crippen molar-refractivity contribution in [3.05, 3.63) is 112 Å². The first-order valence-corrected chi connectivity index (χ1v) is 12.7. The van der Waals surface area contributed by atoms with Crippen LogP contribution in [0.15, 0.2) is 72.9 Å². The maximum absolute atomic E-state index is 5.93. The van der Waals surface area contributed by atoms with Gasteiger partial charge in [0.25, 0.3) is 0 Å². The Labute approximate surface area is 213 Å². The molecule has 35 heavy (non-hydrogen) atoms. The van der Waals surface area contributed by atoms with Gasteiger partial charge in [0.2, 0.25) is 0 Å². The van der Waals surface area contributed by atoms with E-state index in [1.807, 2.05) is 18.3 Å². The summed E-state index contributed by atoms with van der Waals surface area (Å²) < 4.78 is 2.38. The van der Waals surface area contributed by atoms with E-state index in [0.29, 0.717) is 0 Å². The van der Waals surface area contributed by atoms with Crippen molar-refractivity contribution >= 4 is 23.0 Å². The standard InChI is InChI=1S/C30H32N4S/c1-6-23-13-15-24(16-14-23)34-29(28(32-30(34)35)26-11-7-8-17-31-26)25-18-20(3)33(22(25)5)27-12-9-10-19(2)21(27)4/h7-18,28-29H,6H2,1-5H3,(H,32,35)/t28-,29-/m1/s1. The minimum absolute atomic E-state index is 0.0186. The number of nitrogens with zero attached hydrogens (tertiary/aromatic N) is 3. The number of pyridine rings is 1. The molecule has 0 aliphatic carbocycles. The van der Waals surface area contributed by atoms with Gasteiger partial charge in [-0.25, -0.2) is 0 Å². The van der Waals surface area contributed by atoms with E-state index in [0.717, 1.165) is 22.9 Å². The van der Waals surface area contributed by atoms with Crippen LogP contribution in [0.2, 0.25) is 0 Å². The summed E-state index contributed by atoms with van der Waals surface area (Å²) in [6.07, 6.45) is 2.87. The Kier molecular flexibility index (Phi) is 6.20. The summed E-state index contributed by atoms with van der Waals surface area (Å²) in [5, 5.41) is 4.33. The third-order valence-electron chi connectivity index (χ3n) is 7.33. The van der Waals surface area contributed by atoms with E-state index in [2.05, 4.69) is 104 Å². The monoisotopic (exact) mass is 480 g/mol. The molecule has 4 nitrogen and oxygen atoms in total. The second-order valence-corrected chi connectivity index (χ2v) is 9.78. The van der Waals surface area contributed by atoms with Gasteiger partial charge < -0.3 is 14.8 Å². The zero-order chi connectivity index (χ0) is 24.7. The van der Waals surface area contributed by atoms with Crippen LogP contribution in [-0.4, -0.2) is 14.7 Å². The van der Waals surface area contributed by atoms with Crippen molar-refractivity contribution in [1.29, 1.82) is 0 Å². The fraction of sp³-hybridized carbons (Fsp3) is 0.267. The molecule has 4 aromatic rings. The topological polar surface area (TPSA) is 33.1 Å². The maximum Gasteiger partial charge on any atom is 0.174 e. The van der Waals surface area contributed by atoms with Gasteiger partial charge in [-0.15, -0.1) is 0 Å². The van der Waals surface area contributed by atoms with Crippen LogP contribution < -0.4 is 10.2 Å². The lowest BCUT2D eigenvalue weighted by molar-refractivity contribution is 0.565. The van der Waals surface area contributed by atoms with Crippen LogP contribution in [0, 0.1) is 27.7 Å². The number of anilines is 1. The Bertz CT molecular complexity index is 1370. The van der Waals surface area contributed by atoms with Crippen molar-refractivity contribution in [3.63, 3.8) is 0 Å². The first-order valence-electron chi connectivity index (χ1n) is 12.3. The van der Waals surface area contributed by atoms with E-state index in [4.69, 9.17) is 17.2 Å². The molecule has 0 saturated carbocycles. The highest BCUT2D eigenvalue weighted by atomic mass is 32.1. The van der Waals surface area contributed by atoms with Gasteiger partial charge in [-0.05, 0) is 105 Å². The van der Waals surface area contributed by atoms with E-state index in [1.165, 1.54) is 39.3 Å². The molecule has 1 aliphatic rings. The number of aryl methyl sites for hydroxylation is 3. The smallest absolute Gasteiger partial charge is 0.174 e. The minimum Gasteiger partial charge on any atom is -0.351 e. The van der Waals surface area contributed by atoms with Crippen LogP contribution in [0.3, 0.4) is 0 Å². The average Bonchev–Trinajstić information content (AvgIpc) is 3.36. The van der Waals surface area contributed by atoms with E-state index >= 15 is 0 Å². The molecule has 2 aromatic carbocycles. The summed E-state index contributed by atoms with van der Waals surface area (Å²) in [6.45, 7) is 11.0. The molecule has 1 aliphatic heterocycles. The molecule has 5 heteroatoms. The van der Waals surface area contributed by atoms with Crippen LogP contribution in [0.4, 0.5) is 5.69 Å². The molecule has 0 radical (unpaired) electrons. The largest absolute Gasteiger partial charge is 0.351 e. The highest BCUT2D eigenvalue weighted by Gasteiger charge is 2.42. The summed E-state index contributed by atoms with van der Waals surface area (Å²) in [5.74, 6) is 0. The molecule has 1 N–H and O–H groups in total. The van der Waals surface area contributed by atoms with Crippen molar-refractivity contribution in [3.8, 4) is 5.69 Å². The predicted octanol–water partition coefficient (Wildman–Crippen LogP) is 6.85. The number of hydrogen-bond acceptors (Lipinski definition) is 2. The first kappa shape index (κ1) is 23.3. The lowest BCUT2D eigenvalue weighted by atomic mass is 9.96. The van der Waals surface area contributed by atoms with Crippen molar-refractivity contribution < 1.29 is 0 Å². The average molecular weight is 481 g/mol. The second-order valence-electron chi connectivity index (χ2n) is 9.40. The number of benzene rings is 2. The number of hydrogen-bond donors (Lipinski definition) is 1. The summed E-state index contributed by atoms with van der Waals surface area (Å²) in [5.41, 5.74) is 10.9. The maximum atomic E-state index is 5.93. The van der Waals surface area contributed by atoms with E-state index in [-0.39, 0.29) is 12.1 Å². The van der Waals surface area contributed by atoms with Crippen molar-refractivity contribution in [1.82, 2.24) is 14.9 Å². The number of rotatable bonds is 5. The molecule has 0 bridgehead atoms. The van der Waals surface area contributed by atoms with E-state index < -0.39 is 0 Å². The van der Waals surface area contributed by atoms with Gasteiger partial charge in [0.15, 0.2) is 5.11 Å². The molecule has 1 fully saturated rings. The third kappa shape index (κ3) is 4.04. The Morgan fingerprint density at radius 1 is 0.943 bits per heavy atom. The van der Waals surface area contributed by atoms with E-state index in [1.54, 1.807) is 0 Å². The Morgan fingerprint density at radius 2 is 1.71 bits per heavy atom.